The largest absolute Gasteiger partial charge is 0.358 e. The fourth-order valence-electron chi connectivity index (χ4n) is 4.85. The predicted octanol–water partition coefficient (Wildman–Crippen LogP) is 6.35. The lowest BCUT2D eigenvalue weighted by molar-refractivity contribution is 0.102. The van der Waals surface area contributed by atoms with Crippen LogP contribution in [0.2, 0.25) is 5.02 Å². The van der Waals surface area contributed by atoms with Crippen molar-refractivity contribution >= 4 is 34.1 Å². The van der Waals surface area contributed by atoms with Gasteiger partial charge in [-0.25, -0.2) is 0 Å². The highest BCUT2D eigenvalue weighted by molar-refractivity contribution is 6.34. The molecular formula is C27H27ClN4O. The molecule has 1 fully saturated rings. The van der Waals surface area contributed by atoms with Crippen molar-refractivity contribution in [2.45, 2.75) is 32.2 Å². The van der Waals surface area contributed by atoms with E-state index in [2.05, 4.69) is 40.3 Å². The van der Waals surface area contributed by atoms with Crippen LogP contribution in [0.3, 0.4) is 0 Å². The number of fused-ring (bicyclic) bond motifs is 1. The Morgan fingerprint density at radius 1 is 1.06 bits per heavy atom. The summed E-state index contributed by atoms with van der Waals surface area (Å²) in [6.07, 6.45) is 5.54. The number of piperidine rings is 1. The summed E-state index contributed by atoms with van der Waals surface area (Å²) in [4.78, 5) is 23.7. The van der Waals surface area contributed by atoms with Gasteiger partial charge in [0.2, 0.25) is 0 Å². The molecule has 1 atom stereocenters. The molecule has 1 unspecified atom stereocenters. The smallest absolute Gasteiger partial charge is 0.257 e. The number of likely N-dealkylation sites (tertiary alicyclic amines) is 1. The number of hydrogen-bond donors (Lipinski definition) is 2. The summed E-state index contributed by atoms with van der Waals surface area (Å²) < 4.78 is 0. The number of aryl methyl sites for hydroxylation is 1. The fraction of sp³-hybridized carbons (Fsp3) is 0.259. The minimum absolute atomic E-state index is 0.0646. The van der Waals surface area contributed by atoms with Gasteiger partial charge in [-0.2, -0.15) is 0 Å². The number of benzene rings is 2. The third kappa shape index (κ3) is 4.39. The summed E-state index contributed by atoms with van der Waals surface area (Å²) in [7, 11) is 0. The molecule has 6 heteroatoms. The summed E-state index contributed by atoms with van der Waals surface area (Å²) >= 11 is 6.23. The molecule has 168 valence electrons. The van der Waals surface area contributed by atoms with Crippen molar-refractivity contribution in [2.75, 3.05) is 18.4 Å². The second-order valence-corrected chi connectivity index (χ2v) is 9.02. The zero-order valence-corrected chi connectivity index (χ0v) is 19.4. The van der Waals surface area contributed by atoms with Crippen molar-refractivity contribution in [1.29, 1.82) is 0 Å². The standard InChI is InChI=1S/C27H27ClN4O/c1-18-25(26(24-11-5-6-14-29-24)32-15-7-2-8-16-32)21-17-19(12-13-23(21)30-18)31-27(33)20-9-3-4-10-22(20)28/h3-6,9-14,17,26,30H,2,7-8,15-16H2,1H3,(H,31,33). The van der Waals surface area contributed by atoms with Crippen LogP contribution in [0.15, 0.2) is 66.9 Å². The molecule has 3 heterocycles. The molecule has 1 aliphatic rings. The summed E-state index contributed by atoms with van der Waals surface area (Å²) in [5, 5.41) is 4.56. The lowest BCUT2D eigenvalue weighted by atomic mass is 9.95. The Bertz CT molecular complexity index is 1280. The van der Waals surface area contributed by atoms with E-state index in [1.165, 1.54) is 24.8 Å². The number of amides is 1. The fourth-order valence-corrected chi connectivity index (χ4v) is 5.07. The predicted molar refractivity (Wildman–Crippen MR) is 134 cm³/mol. The van der Waals surface area contributed by atoms with E-state index < -0.39 is 0 Å². The third-order valence-electron chi connectivity index (χ3n) is 6.41. The lowest BCUT2D eigenvalue weighted by Gasteiger charge is -2.34. The van der Waals surface area contributed by atoms with Crippen LogP contribution in [0.4, 0.5) is 5.69 Å². The molecule has 0 aliphatic carbocycles. The Labute approximate surface area is 198 Å². The molecule has 2 N–H and O–H groups in total. The molecule has 1 saturated heterocycles. The Balaban J connectivity index is 1.56. The maximum Gasteiger partial charge on any atom is 0.257 e. The minimum atomic E-state index is -0.217. The molecule has 5 rings (SSSR count). The van der Waals surface area contributed by atoms with E-state index in [4.69, 9.17) is 16.6 Å². The number of nitrogens with one attached hydrogen (secondary N) is 2. The van der Waals surface area contributed by atoms with Gasteiger partial charge < -0.3 is 10.3 Å². The van der Waals surface area contributed by atoms with Crippen LogP contribution in [-0.4, -0.2) is 33.9 Å². The number of carbonyl (C=O) groups is 1. The van der Waals surface area contributed by atoms with E-state index in [1.807, 2.05) is 36.5 Å². The second kappa shape index (κ2) is 9.38. The van der Waals surface area contributed by atoms with Gasteiger partial charge in [0, 0.05) is 34.0 Å². The highest BCUT2D eigenvalue weighted by Crippen LogP contribution is 2.37. The van der Waals surface area contributed by atoms with Crippen LogP contribution in [0.1, 0.15) is 52.6 Å². The zero-order chi connectivity index (χ0) is 22.8. The summed E-state index contributed by atoms with van der Waals surface area (Å²) in [6, 6.07) is 19.3. The SMILES string of the molecule is Cc1[nH]c2ccc(NC(=O)c3ccccc3Cl)cc2c1C(c1ccccn1)N1CCCCC1. The van der Waals surface area contributed by atoms with Gasteiger partial charge in [0.25, 0.3) is 5.91 Å². The number of carbonyl (C=O) groups excluding carboxylic acids is 1. The number of H-pyrrole nitrogens is 1. The molecular weight excluding hydrogens is 432 g/mol. The molecule has 2 aromatic carbocycles. The molecule has 1 amide bonds. The van der Waals surface area contributed by atoms with Gasteiger partial charge >= 0.3 is 0 Å². The highest BCUT2D eigenvalue weighted by atomic mass is 35.5. The first-order valence-corrected chi connectivity index (χ1v) is 11.8. The Morgan fingerprint density at radius 3 is 2.61 bits per heavy atom. The Morgan fingerprint density at radius 2 is 1.85 bits per heavy atom. The van der Waals surface area contributed by atoms with E-state index in [-0.39, 0.29) is 11.9 Å². The van der Waals surface area contributed by atoms with Gasteiger partial charge in [0.05, 0.1) is 22.3 Å². The van der Waals surface area contributed by atoms with Gasteiger partial charge in [-0.1, -0.05) is 36.2 Å². The average molecular weight is 459 g/mol. The van der Waals surface area contributed by atoms with Gasteiger partial charge in [-0.05, 0) is 75.3 Å². The minimum Gasteiger partial charge on any atom is -0.358 e. The monoisotopic (exact) mass is 458 g/mol. The van der Waals surface area contributed by atoms with Gasteiger partial charge in [-0.15, -0.1) is 0 Å². The molecule has 5 nitrogen and oxygen atoms in total. The first kappa shape index (κ1) is 21.7. The van der Waals surface area contributed by atoms with Crippen molar-refractivity contribution in [3.05, 3.63) is 94.4 Å². The van der Waals surface area contributed by atoms with E-state index in [0.29, 0.717) is 10.6 Å². The Hall–Kier alpha value is -3.15. The second-order valence-electron chi connectivity index (χ2n) is 8.61. The third-order valence-corrected chi connectivity index (χ3v) is 6.74. The number of pyridine rings is 1. The maximum atomic E-state index is 12.8. The summed E-state index contributed by atoms with van der Waals surface area (Å²) in [5.74, 6) is -0.217. The van der Waals surface area contributed by atoms with E-state index in [9.17, 15) is 4.79 Å². The number of nitrogens with zero attached hydrogens (tertiary/aromatic N) is 2. The molecule has 0 saturated carbocycles. The zero-order valence-electron chi connectivity index (χ0n) is 18.6. The van der Waals surface area contributed by atoms with Crippen molar-refractivity contribution in [3.63, 3.8) is 0 Å². The molecule has 0 spiro atoms. The summed E-state index contributed by atoms with van der Waals surface area (Å²) in [5.41, 5.74) is 5.65. The average Bonchev–Trinajstić information content (AvgIpc) is 3.16. The maximum absolute atomic E-state index is 12.8. The molecule has 33 heavy (non-hydrogen) atoms. The first-order chi connectivity index (χ1) is 16.1. The lowest BCUT2D eigenvalue weighted by Crippen LogP contribution is -2.35. The van der Waals surface area contributed by atoms with E-state index in [0.717, 1.165) is 41.1 Å². The number of hydrogen-bond acceptors (Lipinski definition) is 3. The summed E-state index contributed by atoms with van der Waals surface area (Å²) in [6.45, 7) is 4.23. The van der Waals surface area contributed by atoms with Crippen LogP contribution >= 0.6 is 11.6 Å². The van der Waals surface area contributed by atoms with Crippen LogP contribution in [-0.2, 0) is 0 Å². The van der Waals surface area contributed by atoms with Gasteiger partial charge in [-0.3, -0.25) is 14.7 Å². The van der Waals surface area contributed by atoms with Crippen LogP contribution < -0.4 is 5.32 Å². The molecule has 0 radical (unpaired) electrons. The van der Waals surface area contributed by atoms with E-state index in [1.54, 1.807) is 12.1 Å². The molecule has 2 aromatic heterocycles. The van der Waals surface area contributed by atoms with Crippen molar-refractivity contribution in [2.24, 2.45) is 0 Å². The van der Waals surface area contributed by atoms with Gasteiger partial charge in [0.15, 0.2) is 0 Å². The number of aromatic nitrogens is 2. The number of anilines is 1. The van der Waals surface area contributed by atoms with Crippen molar-refractivity contribution in [1.82, 2.24) is 14.9 Å². The van der Waals surface area contributed by atoms with Crippen LogP contribution in [0.25, 0.3) is 10.9 Å². The topological polar surface area (TPSA) is 61.0 Å². The quantitative estimate of drug-likeness (QED) is 0.366. The van der Waals surface area contributed by atoms with Crippen molar-refractivity contribution in [3.8, 4) is 0 Å². The normalized spacial score (nSPS) is 15.5. The van der Waals surface area contributed by atoms with Crippen LogP contribution in [0, 0.1) is 6.92 Å². The van der Waals surface area contributed by atoms with Crippen molar-refractivity contribution < 1.29 is 4.79 Å². The Kier molecular flexibility index (Phi) is 6.16. The molecule has 1 aliphatic heterocycles. The number of rotatable bonds is 5. The number of halogens is 1. The van der Waals surface area contributed by atoms with Gasteiger partial charge in [0.1, 0.15) is 0 Å². The highest BCUT2D eigenvalue weighted by Gasteiger charge is 2.29. The molecule has 0 bridgehead atoms. The number of aromatic amines is 1. The first-order valence-electron chi connectivity index (χ1n) is 11.4. The van der Waals surface area contributed by atoms with E-state index >= 15 is 0 Å². The molecule has 4 aromatic rings. The van der Waals surface area contributed by atoms with Crippen LogP contribution in [0.5, 0.6) is 0 Å².